The minimum Gasteiger partial charge on any atom is -0.496 e. The van der Waals surface area contributed by atoms with E-state index in [-0.39, 0.29) is 5.91 Å². The van der Waals surface area contributed by atoms with Crippen molar-refractivity contribution in [2.45, 2.75) is 13.0 Å². The number of rotatable bonds is 8. The monoisotopic (exact) mass is 362 g/mol. The number of anilines is 1. The molecule has 0 aliphatic carbocycles. The molecule has 2 heterocycles. The Labute approximate surface area is 158 Å². The third-order valence-corrected chi connectivity index (χ3v) is 4.11. The van der Waals surface area contributed by atoms with E-state index in [1.165, 1.54) is 0 Å². The number of benzene rings is 1. The second-order valence-corrected chi connectivity index (χ2v) is 5.96. The Hall–Kier alpha value is -3.41. The molecule has 0 aliphatic rings. The second-order valence-electron chi connectivity index (χ2n) is 5.96. The van der Waals surface area contributed by atoms with Gasteiger partial charge < -0.3 is 15.4 Å². The van der Waals surface area contributed by atoms with Gasteiger partial charge in [-0.2, -0.15) is 0 Å². The average Bonchev–Trinajstić information content (AvgIpc) is 2.73. The predicted octanol–water partition coefficient (Wildman–Crippen LogP) is 3.07. The van der Waals surface area contributed by atoms with Crippen molar-refractivity contribution in [3.05, 3.63) is 83.9 Å². The van der Waals surface area contributed by atoms with Gasteiger partial charge in [-0.15, -0.1) is 0 Å². The second kappa shape index (κ2) is 9.33. The van der Waals surface area contributed by atoms with Gasteiger partial charge in [0, 0.05) is 25.5 Å². The lowest BCUT2D eigenvalue weighted by molar-refractivity contribution is 0.0946. The number of hydrogen-bond donors (Lipinski definition) is 2. The summed E-state index contributed by atoms with van der Waals surface area (Å²) in [7, 11) is 1.68. The first-order chi connectivity index (χ1) is 13.3. The van der Waals surface area contributed by atoms with E-state index >= 15 is 0 Å². The molecule has 1 amide bonds. The minimum absolute atomic E-state index is 0.201. The Morgan fingerprint density at radius 2 is 1.89 bits per heavy atom. The highest BCUT2D eigenvalue weighted by molar-refractivity contribution is 5.92. The van der Waals surface area contributed by atoms with Crippen LogP contribution in [0, 0.1) is 0 Å². The SMILES string of the molecule is COc1ccccc1CCNc1ccc(C(=O)NCc2ccncc2)nc1. The lowest BCUT2D eigenvalue weighted by Crippen LogP contribution is -2.23. The topological polar surface area (TPSA) is 76.1 Å². The van der Waals surface area contributed by atoms with E-state index in [2.05, 4.69) is 26.7 Å². The summed E-state index contributed by atoms with van der Waals surface area (Å²) in [5.41, 5.74) is 3.40. The first-order valence-electron chi connectivity index (χ1n) is 8.75. The summed E-state index contributed by atoms with van der Waals surface area (Å²) >= 11 is 0. The number of aromatic nitrogens is 2. The van der Waals surface area contributed by atoms with Crippen LogP contribution < -0.4 is 15.4 Å². The molecule has 0 fully saturated rings. The summed E-state index contributed by atoms with van der Waals surface area (Å²) in [5.74, 6) is 0.686. The molecule has 1 aromatic carbocycles. The van der Waals surface area contributed by atoms with Crippen molar-refractivity contribution in [2.24, 2.45) is 0 Å². The van der Waals surface area contributed by atoms with Crippen molar-refractivity contribution < 1.29 is 9.53 Å². The Morgan fingerprint density at radius 1 is 1.07 bits per heavy atom. The van der Waals surface area contributed by atoms with Crippen LogP contribution in [0.25, 0.3) is 0 Å². The van der Waals surface area contributed by atoms with E-state index in [9.17, 15) is 4.79 Å². The van der Waals surface area contributed by atoms with E-state index in [1.807, 2.05) is 36.4 Å². The predicted molar refractivity (Wildman–Crippen MR) is 105 cm³/mol. The molecule has 0 spiro atoms. The number of hydrogen-bond acceptors (Lipinski definition) is 5. The molecule has 0 radical (unpaired) electrons. The highest BCUT2D eigenvalue weighted by Gasteiger charge is 2.07. The van der Waals surface area contributed by atoms with Crippen LogP contribution in [-0.4, -0.2) is 29.5 Å². The van der Waals surface area contributed by atoms with Crippen molar-refractivity contribution >= 4 is 11.6 Å². The number of pyridine rings is 2. The van der Waals surface area contributed by atoms with Crippen LogP contribution in [0.5, 0.6) is 5.75 Å². The average molecular weight is 362 g/mol. The van der Waals surface area contributed by atoms with Gasteiger partial charge in [-0.1, -0.05) is 18.2 Å². The van der Waals surface area contributed by atoms with Crippen LogP contribution in [0.1, 0.15) is 21.6 Å². The molecular formula is C21H22N4O2. The number of para-hydroxylation sites is 1. The molecule has 0 unspecified atom stereocenters. The quantitative estimate of drug-likeness (QED) is 0.644. The molecule has 2 N–H and O–H groups in total. The van der Waals surface area contributed by atoms with Gasteiger partial charge >= 0.3 is 0 Å². The smallest absolute Gasteiger partial charge is 0.270 e. The van der Waals surface area contributed by atoms with Crippen LogP contribution in [-0.2, 0) is 13.0 Å². The van der Waals surface area contributed by atoms with E-state index in [1.54, 1.807) is 31.8 Å². The fraction of sp³-hybridized carbons (Fsp3) is 0.190. The zero-order valence-electron chi connectivity index (χ0n) is 15.2. The number of methoxy groups -OCH3 is 1. The maximum Gasteiger partial charge on any atom is 0.270 e. The van der Waals surface area contributed by atoms with Crippen molar-refractivity contribution in [2.75, 3.05) is 19.0 Å². The summed E-state index contributed by atoms with van der Waals surface area (Å²) in [5, 5.41) is 6.16. The summed E-state index contributed by atoms with van der Waals surface area (Å²) in [6, 6.07) is 15.3. The largest absolute Gasteiger partial charge is 0.496 e. The molecule has 138 valence electrons. The lowest BCUT2D eigenvalue weighted by atomic mass is 10.1. The fourth-order valence-electron chi connectivity index (χ4n) is 2.66. The van der Waals surface area contributed by atoms with Gasteiger partial charge in [0.15, 0.2) is 0 Å². The van der Waals surface area contributed by atoms with E-state index < -0.39 is 0 Å². The lowest BCUT2D eigenvalue weighted by Gasteiger charge is -2.10. The molecule has 2 aromatic heterocycles. The molecule has 0 saturated carbocycles. The molecule has 6 heteroatoms. The van der Waals surface area contributed by atoms with Gasteiger partial charge in [0.25, 0.3) is 5.91 Å². The first-order valence-corrected chi connectivity index (χ1v) is 8.75. The number of nitrogens with one attached hydrogen (secondary N) is 2. The molecule has 0 saturated heterocycles. The van der Waals surface area contributed by atoms with Crippen molar-refractivity contribution in [1.29, 1.82) is 0 Å². The van der Waals surface area contributed by atoms with Gasteiger partial charge in [0.05, 0.1) is 19.0 Å². The summed E-state index contributed by atoms with van der Waals surface area (Å²) in [6.07, 6.45) is 5.90. The maximum absolute atomic E-state index is 12.2. The molecule has 27 heavy (non-hydrogen) atoms. The molecule has 0 atom stereocenters. The number of carbonyl (C=O) groups is 1. The van der Waals surface area contributed by atoms with Gasteiger partial charge in [0.2, 0.25) is 0 Å². The van der Waals surface area contributed by atoms with Crippen molar-refractivity contribution in [1.82, 2.24) is 15.3 Å². The van der Waals surface area contributed by atoms with Gasteiger partial charge in [-0.3, -0.25) is 9.78 Å². The van der Waals surface area contributed by atoms with Crippen LogP contribution in [0.4, 0.5) is 5.69 Å². The number of amides is 1. The van der Waals surface area contributed by atoms with Gasteiger partial charge in [0.1, 0.15) is 11.4 Å². The van der Waals surface area contributed by atoms with Crippen molar-refractivity contribution in [3.63, 3.8) is 0 Å². The van der Waals surface area contributed by atoms with E-state index in [0.717, 1.165) is 35.5 Å². The number of carbonyl (C=O) groups excluding carboxylic acids is 1. The van der Waals surface area contributed by atoms with Gasteiger partial charge in [-0.25, -0.2) is 4.98 Å². The Morgan fingerprint density at radius 3 is 2.63 bits per heavy atom. The van der Waals surface area contributed by atoms with Gasteiger partial charge in [-0.05, 0) is 47.9 Å². The van der Waals surface area contributed by atoms with Crippen LogP contribution >= 0.6 is 0 Å². The molecule has 6 nitrogen and oxygen atoms in total. The molecule has 3 rings (SSSR count). The van der Waals surface area contributed by atoms with Crippen molar-refractivity contribution in [3.8, 4) is 5.75 Å². The molecular weight excluding hydrogens is 340 g/mol. The highest BCUT2D eigenvalue weighted by atomic mass is 16.5. The van der Waals surface area contributed by atoms with Crippen LogP contribution in [0.3, 0.4) is 0 Å². The molecule has 0 aliphatic heterocycles. The maximum atomic E-state index is 12.2. The third kappa shape index (κ3) is 5.28. The first kappa shape index (κ1) is 18.4. The normalized spacial score (nSPS) is 10.3. The van der Waals surface area contributed by atoms with E-state index in [0.29, 0.717) is 12.2 Å². The zero-order chi connectivity index (χ0) is 18.9. The Kier molecular flexibility index (Phi) is 6.35. The number of nitrogens with zero attached hydrogens (tertiary/aromatic N) is 2. The summed E-state index contributed by atoms with van der Waals surface area (Å²) in [6.45, 7) is 1.19. The molecule has 3 aromatic rings. The summed E-state index contributed by atoms with van der Waals surface area (Å²) < 4.78 is 5.36. The third-order valence-electron chi connectivity index (χ3n) is 4.11. The Bertz CT molecular complexity index is 867. The van der Waals surface area contributed by atoms with Crippen LogP contribution in [0.15, 0.2) is 67.1 Å². The fourth-order valence-corrected chi connectivity index (χ4v) is 2.66. The number of ether oxygens (including phenoxy) is 1. The zero-order valence-corrected chi connectivity index (χ0v) is 15.2. The molecule has 0 bridgehead atoms. The van der Waals surface area contributed by atoms with Crippen LogP contribution in [0.2, 0.25) is 0 Å². The minimum atomic E-state index is -0.201. The van der Waals surface area contributed by atoms with E-state index in [4.69, 9.17) is 4.74 Å². The summed E-state index contributed by atoms with van der Waals surface area (Å²) in [4.78, 5) is 20.4. The standard InChI is InChI=1S/C21H22N4O2/c1-27-20-5-3-2-4-17(20)10-13-23-18-6-7-19(24-15-18)21(26)25-14-16-8-11-22-12-9-16/h2-9,11-12,15,23H,10,13-14H2,1H3,(H,25,26). The Balaban J connectivity index is 1.49. The highest BCUT2D eigenvalue weighted by Crippen LogP contribution is 2.18.